The zero-order valence-corrected chi connectivity index (χ0v) is 14.8. The molecule has 0 fully saturated rings. The second-order valence-corrected chi connectivity index (χ2v) is 8.38. The first-order chi connectivity index (χ1) is 9.62. The van der Waals surface area contributed by atoms with Crippen molar-refractivity contribution < 1.29 is 17.6 Å². The predicted octanol–water partition coefficient (Wildman–Crippen LogP) is 3.68. The maximum absolute atomic E-state index is 13.8. The average molecular weight is 401 g/mol. The Labute approximate surface area is 136 Å². The average Bonchev–Trinajstić information content (AvgIpc) is 2.32. The Bertz CT molecular complexity index is 635. The highest BCUT2D eigenvalue weighted by molar-refractivity contribution is 9.10. The van der Waals surface area contributed by atoms with Crippen LogP contribution in [0.4, 0.5) is 4.39 Å². The number of benzene rings is 1. The summed E-state index contributed by atoms with van der Waals surface area (Å²) in [7, 11) is 1.18. The monoisotopic (exact) mass is 399 g/mol. The lowest BCUT2D eigenvalue weighted by Gasteiger charge is -2.09. The third kappa shape index (κ3) is 5.56. The van der Waals surface area contributed by atoms with E-state index < -0.39 is 20.8 Å². The Morgan fingerprint density at radius 2 is 2.05 bits per heavy atom. The van der Waals surface area contributed by atoms with Crippen LogP contribution in [-0.4, -0.2) is 20.9 Å². The Balaban J connectivity index is 2.90. The van der Waals surface area contributed by atoms with Crippen LogP contribution in [0.25, 0.3) is 0 Å². The summed E-state index contributed by atoms with van der Waals surface area (Å²) < 4.78 is 36.5. The third-order valence-corrected chi connectivity index (χ3v) is 5.05. The maximum Gasteiger partial charge on any atom is 0.262 e. The van der Waals surface area contributed by atoms with Crippen LogP contribution in [0.3, 0.4) is 0 Å². The van der Waals surface area contributed by atoms with Crippen molar-refractivity contribution in [2.24, 2.45) is 5.92 Å². The summed E-state index contributed by atoms with van der Waals surface area (Å²) in [6.07, 6.45) is 1.70. The van der Waals surface area contributed by atoms with Gasteiger partial charge in [-0.1, -0.05) is 13.8 Å². The van der Waals surface area contributed by atoms with Crippen LogP contribution < -0.4 is 5.32 Å². The molecule has 0 atom stereocenters. The Hall–Kier alpha value is -0.660. The van der Waals surface area contributed by atoms with Crippen molar-refractivity contribution in [1.29, 1.82) is 0 Å². The molecule has 1 N–H and O–H groups in total. The molecule has 0 aliphatic rings. The summed E-state index contributed by atoms with van der Waals surface area (Å²) in [5.41, 5.74) is -0.345. The fourth-order valence-corrected chi connectivity index (χ4v) is 3.87. The van der Waals surface area contributed by atoms with Crippen molar-refractivity contribution in [2.45, 2.75) is 31.6 Å². The van der Waals surface area contributed by atoms with Gasteiger partial charge in [0.25, 0.3) is 15.0 Å². The van der Waals surface area contributed by atoms with Gasteiger partial charge in [-0.15, -0.1) is 0 Å². The molecule has 0 radical (unpaired) electrons. The lowest BCUT2D eigenvalue weighted by molar-refractivity contribution is 0.0948. The number of hydrogen-bond acceptors (Lipinski definition) is 3. The fraction of sp³-hybridized carbons (Fsp3) is 0.462. The lowest BCUT2D eigenvalue weighted by atomic mass is 10.1. The van der Waals surface area contributed by atoms with E-state index in [1.807, 2.05) is 0 Å². The number of hydrogen-bond donors (Lipinski definition) is 1. The van der Waals surface area contributed by atoms with Gasteiger partial charge in [0.1, 0.15) is 5.82 Å². The molecule has 1 rings (SSSR count). The van der Waals surface area contributed by atoms with Crippen LogP contribution in [-0.2, 0) is 9.05 Å². The van der Waals surface area contributed by atoms with Gasteiger partial charge in [0.15, 0.2) is 0 Å². The number of carbonyl (C=O) groups excluding carboxylic acids is 1. The molecule has 118 valence electrons. The quantitative estimate of drug-likeness (QED) is 0.585. The number of nitrogens with one attached hydrogen (secondary N) is 1. The number of rotatable bonds is 6. The van der Waals surface area contributed by atoms with E-state index >= 15 is 0 Å². The third-order valence-electron chi connectivity index (χ3n) is 2.77. The van der Waals surface area contributed by atoms with Gasteiger partial charge in [-0.2, -0.15) is 0 Å². The highest BCUT2D eigenvalue weighted by Gasteiger charge is 2.21. The molecule has 4 nitrogen and oxygen atoms in total. The molecule has 0 spiro atoms. The first-order valence-electron chi connectivity index (χ1n) is 6.35. The molecule has 1 amide bonds. The molecule has 0 saturated carbocycles. The smallest absolute Gasteiger partial charge is 0.262 e. The minimum Gasteiger partial charge on any atom is -0.352 e. The van der Waals surface area contributed by atoms with E-state index in [9.17, 15) is 17.6 Å². The first-order valence-corrected chi connectivity index (χ1v) is 9.45. The van der Waals surface area contributed by atoms with Crippen molar-refractivity contribution in [2.75, 3.05) is 6.54 Å². The molecule has 0 aliphatic carbocycles. The minimum absolute atomic E-state index is 0.0219. The summed E-state index contributed by atoms with van der Waals surface area (Å²) in [6.45, 7) is 4.52. The van der Waals surface area contributed by atoms with Crippen LogP contribution in [0.15, 0.2) is 21.5 Å². The van der Waals surface area contributed by atoms with Gasteiger partial charge in [0.2, 0.25) is 0 Å². The van der Waals surface area contributed by atoms with Gasteiger partial charge in [-0.25, -0.2) is 12.8 Å². The van der Waals surface area contributed by atoms with Crippen molar-refractivity contribution >= 4 is 41.6 Å². The molecule has 8 heteroatoms. The van der Waals surface area contributed by atoms with E-state index in [0.29, 0.717) is 12.5 Å². The summed E-state index contributed by atoms with van der Waals surface area (Å²) >= 11 is 2.91. The Kier molecular flexibility index (Phi) is 6.62. The highest BCUT2D eigenvalue weighted by atomic mass is 79.9. The van der Waals surface area contributed by atoms with E-state index in [0.717, 1.165) is 25.0 Å². The predicted molar refractivity (Wildman–Crippen MR) is 83.5 cm³/mol. The molecule has 0 saturated heterocycles. The molecular weight excluding hydrogens is 385 g/mol. The van der Waals surface area contributed by atoms with Crippen molar-refractivity contribution in [1.82, 2.24) is 5.32 Å². The van der Waals surface area contributed by atoms with Gasteiger partial charge >= 0.3 is 0 Å². The maximum atomic E-state index is 13.8. The van der Waals surface area contributed by atoms with Crippen LogP contribution in [0.1, 0.15) is 37.0 Å². The summed E-state index contributed by atoms with van der Waals surface area (Å²) in [6, 6.07) is 1.85. The van der Waals surface area contributed by atoms with E-state index in [1.165, 1.54) is 0 Å². The molecule has 1 aromatic rings. The molecule has 0 bridgehead atoms. The number of amides is 1. The van der Waals surface area contributed by atoms with E-state index in [2.05, 4.69) is 35.1 Å². The van der Waals surface area contributed by atoms with Crippen LogP contribution in [0.5, 0.6) is 0 Å². The van der Waals surface area contributed by atoms with Crippen molar-refractivity contribution in [3.05, 3.63) is 28.0 Å². The van der Waals surface area contributed by atoms with E-state index in [1.54, 1.807) is 0 Å². The fourth-order valence-electron chi connectivity index (χ4n) is 1.70. The van der Waals surface area contributed by atoms with Crippen molar-refractivity contribution in [3.8, 4) is 0 Å². The molecule has 21 heavy (non-hydrogen) atoms. The summed E-state index contributed by atoms with van der Waals surface area (Å²) in [4.78, 5) is 11.6. The normalized spacial score (nSPS) is 11.7. The van der Waals surface area contributed by atoms with Crippen LogP contribution in [0, 0.1) is 11.7 Å². The SMILES string of the molecule is CC(C)CCCNC(=O)c1cc(S(=O)(=O)Cl)c(Br)cc1F. The lowest BCUT2D eigenvalue weighted by Crippen LogP contribution is -2.26. The first kappa shape index (κ1) is 18.4. The van der Waals surface area contributed by atoms with Gasteiger partial charge in [0, 0.05) is 21.7 Å². The van der Waals surface area contributed by atoms with Gasteiger partial charge in [-0.3, -0.25) is 4.79 Å². The van der Waals surface area contributed by atoms with E-state index in [-0.39, 0.29) is 14.9 Å². The zero-order chi connectivity index (χ0) is 16.2. The van der Waals surface area contributed by atoms with Crippen LogP contribution in [0.2, 0.25) is 0 Å². The largest absolute Gasteiger partial charge is 0.352 e. The topological polar surface area (TPSA) is 63.2 Å². The number of carbonyl (C=O) groups is 1. The molecule has 0 heterocycles. The second kappa shape index (κ2) is 7.56. The molecule has 0 aliphatic heterocycles. The van der Waals surface area contributed by atoms with Crippen LogP contribution >= 0.6 is 26.6 Å². The van der Waals surface area contributed by atoms with Gasteiger partial charge in [0.05, 0.1) is 10.5 Å². The molecule has 0 unspecified atom stereocenters. The second-order valence-electron chi connectivity index (χ2n) is 4.99. The number of halogens is 3. The Morgan fingerprint density at radius 3 is 2.57 bits per heavy atom. The highest BCUT2D eigenvalue weighted by Crippen LogP contribution is 2.28. The minimum atomic E-state index is -4.06. The van der Waals surface area contributed by atoms with Crippen molar-refractivity contribution in [3.63, 3.8) is 0 Å². The summed E-state index contributed by atoms with van der Waals surface area (Å²) in [5, 5.41) is 2.56. The summed E-state index contributed by atoms with van der Waals surface area (Å²) in [5.74, 6) is -0.961. The Morgan fingerprint density at radius 1 is 1.43 bits per heavy atom. The van der Waals surface area contributed by atoms with E-state index in [4.69, 9.17) is 10.7 Å². The van der Waals surface area contributed by atoms with Gasteiger partial charge < -0.3 is 5.32 Å². The van der Waals surface area contributed by atoms with Gasteiger partial charge in [-0.05, 0) is 46.8 Å². The molecule has 0 aromatic heterocycles. The standard InChI is InChI=1S/C13H16BrClFNO3S/c1-8(2)4-3-5-17-13(18)9-6-12(21(15,19)20)10(14)7-11(9)16/h6-8H,3-5H2,1-2H3,(H,17,18). The molecule has 1 aromatic carbocycles. The molecular formula is C13H16BrClFNO3S. The zero-order valence-electron chi connectivity index (χ0n) is 11.6.